The number of nitrogens with zero attached hydrogens (tertiary/aromatic N) is 1. The zero-order chi connectivity index (χ0) is 20.3. The highest BCUT2D eigenvalue weighted by molar-refractivity contribution is 6.37. The fourth-order valence-electron chi connectivity index (χ4n) is 3.38. The van der Waals surface area contributed by atoms with Crippen molar-refractivity contribution in [3.05, 3.63) is 27.7 Å². The average molecular weight is 429 g/mol. The minimum absolute atomic E-state index is 0.0793. The van der Waals surface area contributed by atoms with E-state index < -0.39 is 5.60 Å². The van der Waals surface area contributed by atoms with Gasteiger partial charge in [-0.3, -0.25) is 4.90 Å². The molecule has 0 bridgehead atoms. The summed E-state index contributed by atoms with van der Waals surface area (Å²) in [6, 6.07) is 3.94. The molecule has 1 aliphatic heterocycles. The van der Waals surface area contributed by atoms with Crippen LogP contribution in [-0.4, -0.2) is 42.3 Å². The molecule has 0 radical (unpaired) electrons. The van der Waals surface area contributed by atoms with E-state index in [2.05, 4.69) is 10.2 Å². The lowest BCUT2D eigenvalue weighted by molar-refractivity contribution is 0.0470. The Morgan fingerprint density at radius 3 is 2.50 bits per heavy atom. The Labute approximate surface area is 177 Å². The van der Waals surface area contributed by atoms with E-state index in [4.69, 9.17) is 32.7 Å². The molecule has 3 rings (SSSR count). The standard InChI is InChI=1S/C21H30Cl2N2O3/c1-21(2,3)28-20(26)24-16-5-4-8-25(12-16)11-15-9-17(22)19(18(23)10-15)27-13-14-6-7-14/h9-10,14,16H,4-8,11-13H2,1-3H3,(H,24,26)/t16-/m0/s1. The van der Waals surface area contributed by atoms with Crippen LogP contribution in [0, 0.1) is 5.92 Å². The molecule has 5 nitrogen and oxygen atoms in total. The van der Waals surface area contributed by atoms with Crippen LogP contribution in [0.5, 0.6) is 5.75 Å². The number of ether oxygens (including phenoxy) is 2. The molecular formula is C21H30Cl2N2O3. The summed E-state index contributed by atoms with van der Waals surface area (Å²) < 4.78 is 11.2. The van der Waals surface area contributed by atoms with E-state index in [0.717, 1.165) is 38.0 Å². The van der Waals surface area contributed by atoms with Gasteiger partial charge >= 0.3 is 6.09 Å². The number of piperidine rings is 1. The van der Waals surface area contributed by atoms with Crippen LogP contribution in [0.1, 0.15) is 52.0 Å². The molecule has 0 aromatic heterocycles. The van der Waals surface area contributed by atoms with E-state index in [9.17, 15) is 4.79 Å². The van der Waals surface area contributed by atoms with Crippen LogP contribution in [-0.2, 0) is 11.3 Å². The quantitative estimate of drug-likeness (QED) is 0.669. The Hall–Kier alpha value is -1.17. The van der Waals surface area contributed by atoms with Gasteiger partial charge in [0, 0.05) is 19.1 Å². The Kier molecular flexibility index (Phi) is 7.00. The Balaban J connectivity index is 1.54. The summed E-state index contributed by atoms with van der Waals surface area (Å²) >= 11 is 12.8. The smallest absolute Gasteiger partial charge is 0.407 e. The first-order chi connectivity index (χ1) is 13.2. The van der Waals surface area contributed by atoms with Gasteiger partial charge in [0.15, 0.2) is 5.75 Å². The summed E-state index contributed by atoms with van der Waals surface area (Å²) in [5.41, 5.74) is 0.557. The Morgan fingerprint density at radius 2 is 1.89 bits per heavy atom. The zero-order valence-electron chi connectivity index (χ0n) is 16.9. The van der Waals surface area contributed by atoms with Crippen LogP contribution in [0.25, 0.3) is 0 Å². The molecule has 1 aromatic rings. The van der Waals surface area contributed by atoms with Crippen LogP contribution in [0.3, 0.4) is 0 Å². The average Bonchev–Trinajstić information content (AvgIpc) is 3.36. The van der Waals surface area contributed by atoms with E-state index >= 15 is 0 Å². The number of nitrogens with one attached hydrogen (secondary N) is 1. The Morgan fingerprint density at radius 1 is 1.21 bits per heavy atom. The van der Waals surface area contributed by atoms with Crippen molar-refractivity contribution < 1.29 is 14.3 Å². The van der Waals surface area contributed by atoms with Gasteiger partial charge in [-0.15, -0.1) is 0 Å². The molecule has 2 aliphatic rings. The monoisotopic (exact) mass is 428 g/mol. The fourth-order valence-corrected chi connectivity index (χ4v) is 4.02. The third kappa shape index (κ3) is 6.71. The summed E-state index contributed by atoms with van der Waals surface area (Å²) in [6.45, 7) is 8.76. The number of hydrogen-bond donors (Lipinski definition) is 1. The molecule has 156 valence electrons. The molecule has 1 N–H and O–H groups in total. The van der Waals surface area contributed by atoms with Crippen molar-refractivity contribution in [1.82, 2.24) is 10.2 Å². The van der Waals surface area contributed by atoms with Gasteiger partial charge < -0.3 is 14.8 Å². The topological polar surface area (TPSA) is 50.8 Å². The van der Waals surface area contributed by atoms with E-state index in [0.29, 0.717) is 28.3 Å². The molecule has 0 unspecified atom stereocenters. The lowest BCUT2D eigenvalue weighted by Crippen LogP contribution is -2.48. The first kappa shape index (κ1) is 21.5. The predicted octanol–water partition coefficient (Wildman–Crippen LogP) is 5.27. The molecule has 1 amide bonds. The van der Waals surface area contributed by atoms with Crippen LogP contribution in [0.15, 0.2) is 12.1 Å². The molecule has 1 heterocycles. The lowest BCUT2D eigenvalue weighted by atomic mass is 10.0. The van der Waals surface area contributed by atoms with Gasteiger partial charge in [0.1, 0.15) is 5.60 Å². The number of hydrogen-bond acceptors (Lipinski definition) is 4. The third-order valence-corrected chi connectivity index (χ3v) is 5.41. The maximum Gasteiger partial charge on any atom is 0.407 e. The third-order valence-electron chi connectivity index (χ3n) is 4.85. The fraction of sp³-hybridized carbons (Fsp3) is 0.667. The first-order valence-electron chi connectivity index (χ1n) is 10.0. The number of carbonyl (C=O) groups excluding carboxylic acids is 1. The highest BCUT2D eigenvalue weighted by Crippen LogP contribution is 2.37. The number of alkyl carbamates (subject to hydrolysis) is 1. The molecule has 1 saturated carbocycles. The largest absolute Gasteiger partial charge is 0.490 e. The van der Waals surface area contributed by atoms with Crippen molar-refractivity contribution in [2.45, 2.75) is 64.6 Å². The molecule has 2 fully saturated rings. The van der Waals surface area contributed by atoms with Gasteiger partial charge in [-0.1, -0.05) is 23.2 Å². The number of halogens is 2. The highest BCUT2D eigenvalue weighted by Gasteiger charge is 2.25. The minimum atomic E-state index is -0.491. The van der Waals surface area contributed by atoms with Crippen LogP contribution < -0.4 is 10.1 Å². The molecule has 1 aliphatic carbocycles. The van der Waals surface area contributed by atoms with Crippen molar-refractivity contribution in [1.29, 1.82) is 0 Å². The van der Waals surface area contributed by atoms with Crippen LogP contribution >= 0.6 is 23.2 Å². The highest BCUT2D eigenvalue weighted by atomic mass is 35.5. The van der Waals surface area contributed by atoms with Gasteiger partial charge in [0.05, 0.1) is 16.7 Å². The molecule has 0 spiro atoms. The van der Waals surface area contributed by atoms with Gasteiger partial charge in [0.2, 0.25) is 0 Å². The summed E-state index contributed by atoms with van der Waals surface area (Å²) in [4.78, 5) is 14.3. The lowest BCUT2D eigenvalue weighted by Gasteiger charge is -2.33. The first-order valence-corrected chi connectivity index (χ1v) is 10.8. The normalized spacial score (nSPS) is 20.7. The second-order valence-electron chi connectivity index (χ2n) is 8.86. The van der Waals surface area contributed by atoms with E-state index in [1.807, 2.05) is 32.9 Å². The van der Waals surface area contributed by atoms with Crippen LogP contribution in [0.4, 0.5) is 4.79 Å². The molecule has 28 heavy (non-hydrogen) atoms. The Bertz CT molecular complexity index is 678. The van der Waals surface area contributed by atoms with Gasteiger partial charge in [0.25, 0.3) is 0 Å². The van der Waals surface area contributed by atoms with Gasteiger partial charge in [-0.2, -0.15) is 0 Å². The van der Waals surface area contributed by atoms with Crippen molar-refractivity contribution in [3.63, 3.8) is 0 Å². The number of benzene rings is 1. The van der Waals surface area contributed by atoms with Crippen molar-refractivity contribution in [2.24, 2.45) is 5.92 Å². The molecule has 1 aromatic carbocycles. The number of amides is 1. The summed E-state index contributed by atoms with van der Waals surface area (Å²) in [5.74, 6) is 1.23. The SMILES string of the molecule is CC(C)(C)OC(=O)N[C@H]1CCCN(Cc2cc(Cl)c(OCC3CC3)c(Cl)c2)C1. The summed E-state index contributed by atoms with van der Waals surface area (Å²) in [7, 11) is 0. The van der Waals surface area contributed by atoms with Crippen LogP contribution in [0.2, 0.25) is 10.0 Å². The number of rotatable bonds is 6. The second kappa shape index (κ2) is 9.10. The summed E-state index contributed by atoms with van der Waals surface area (Å²) in [6.07, 6.45) is 4.06. The molecule has 1 saturated heterocycles. The van der Waals surface area contributed by atoms with Crippen molar-refractivity contribution in [2.75, 3.05) is 19.7 Å². The number of carbonyl (C=O) groups is 1. The summed E-state index contributed by atoms with van der Waals surface area (Å²) in [5, 5.41) is 4.10. The number of likely N-dealkylation sites (tertiary alicyclic amines) is 1. The molecule has 1 atom stereocenters. The maximum atomic E-state index is 12.0. The van der Waals surface area contributed by atoms with E-state index in [-0.39, 0.29) is 12.1 Å². The minimum Gasteiger partial charge on any atom is -0.490 e. The zero-order valence-corrected chi connectivity index (χ0v) is 18.4. The van der Waals surface area contributed by atoms with Crippen molar-refractivity contribution in [3.8, 4) is 5.75 Å². The predicted molar refractivity (Wildman–Crippen MR) is 112 cm³/mol. The molecular weight excluding hydrogens is 399 g/mol. The van der Waals surface area contributed by atoms with Crippen molar-refractivity contribution >= 4 is 29.3 Å². The molecule has 7 heteroatoms. The van der Waals surface area contributed by atoms with E-state index in [1.54, 1.807) is 0 Å². The maximum absolute atomic E-state index is 12.0. The second-order valence-corrected chi connectivity index (χ2v) is 9.68. The van der Waals surface area contributed by atoms with E-state index in [1.165, 1.54) is 12.8 Å². The van der Waals surface area contributed by atoms with Gasteiger partial charge in [-0.05, 0) is 76.6 Å². The van der Waals surface area contributed by atoms with Gasteiger partial charge in [-0.25, -0.2) is 4.79 Å².